The zero-order valence-electron chi connectivity index (χ0n) is 12.9. The second-order valence-corrected chi connectivity index (χ2v) is 6.84. The van der Waals surface area contributed by atoms with E-state index in [2.05, 4.69) is 61.0 Å². The van der Waals surface area contributed by atoms with E-state index < -0.39 is 0 Å². The third kappa shape index (κ3) is 5.77. The first kappa shape index (κ1) is 17.0. The van der Waals surface area contributed by atoms with Gasteiger partial charge < -0.3 is 10.6 Å². The van der Waals surface area contributed by atoms with E-state index in [9.17, 15) is 0 Å². The third-order valence-corrected chi connectivity index (χ3v) is 4.31. The van der Waals surface area contributed by atoms with Gasteiger partial charge in [0, 0.05) is 29.4 Å². The number of benzene rings is 1. The van der Waals surface area contributed by atoms with E-state index in [4.69, 9.17) is 0 Å². The lowest BCUT2D eigenvalue weighted by molar-refractivity contribution is 0.790. The van der Waals surface area contributed by atoms with Crippen molar-refractivity contribution < 1.29 is 0 Å². The zero-order chi connectivity index (χ0) is 15.8. The molecule has 0 amide bonds. The van der Waals surface area contributed by atoms with E-state index in [-0.39, 0.29) is 0 Å². The van der Waals surface area contributed by atoms with E-state index in [0.29, 0.717) is 6.54 Å². The molecule has 0 fully saturated rings. The average molecular weight is 381 g/mol. The summed E-state index contributed by atoms with van der Waals surface area (Å²) in [5.41, 5.74) is 2.32. The van der Waals surface area contributed by atoms with Crippen LogP contribution in [-0.4, -0.2) is 24.0 Å². The molecule has 0 bridgehead atoms. The van der Waals surface area contributed by atoms with Gasteiger partial charge in [0.25, 0.3) is 0 Å². The number of aliphatic imine (C=N–C) groups is 1. The van der Waals surface area contributed by atoms with E-state index >= 15 is 0 Å². The largest absolute Gasteiger partial charge is 0.357 e. The topological polar surface area (TPSA) is 49.3 Å². The van der Waals surface area contributed by atoms with Crippen LogP contribution < -0.4 is 10.6 Å². The summed E-state index contributed by atoms with van der Waals surface area (Å²) in [5.74, 6) is 0.842. The van der Waals surface area contributed by atoms with Crippen LogP contribution in [0.3, 0.4) is 0 Å². The molecular weight excluding hydrogens is 360 g/mol. The number of aromatic nitrogens is 1. The number of hydrogen-bond donors (Lipinski definition) is 2. The van der Waals surface area contributed by atoms with E-state index in [1.165, 1.54) is 5.56 Å². The fraction of sp³-hybridized carbons (Fsp3) is 0.375. The first-order chi connectivity index (χ1) is 10.7. The van der Waals surface area contributed by atoms with Gasteiger partial charge in [0.2, 0.25) is 0 Å². The van der Waals surface area contributed by atoms with Crippen LogP contribution in [0.5, 0.6) is 0 Å². The lowest BCUT2D eigenvalue weighted by Gasteiger charge is -2.10. The van der Waals surface area contributed by atoms with Gasteiger partial charge >= 0.3 is 0 Å². The summed E-state index contributed by atoms with van der Waals surface area (Å²) in [5, 5.41) is 9.85. The molecule has 22 heavy (non-hydrogen) atoms. The van der Waals surface area contributed by atoms with Crippen molar-refractivity contribution in [1.29, 1.82) is 0 Å². The molecule has 6 heteroatoms. The van der Waals surface area contributed by atoms with Gasteiger partial charge in [-0.15, -0.1) is 11.3 Å². The minimum absolute atomic E-state index is 0.657. The molecule has 0 atom stereocenters. The highest BCUT2D eigenvalue weighted by atomic mass is 79.9. The molecule has 0 saturated heterocycles. The molecule has 2 aromatic rings. The molecule has 0 radical (unpaired) electrons. The minimum atomic E-state index is 0.657. The van der Waals surface area contributed by atoms with Gasteiger partial charge in [0.1, 0.15) is 0 Å². The first-order valence-corrected chi connectivity index (χ1v) is 9.02. The summed E-state index contributed by atoms with van der Waals surface area (Å²) >= 11 is 5.18. The number of hydrogen-bond acceptors (Lipinski definition) is 3. The van der Waals surface area contributed by atoms with Crippen LogP contribution in [0.15, 0.2) is 39.1 Å². The fourth-order valence-electron chi connectivity index (χ4n) is 1.98. The van der Waals surface area contributed by atoms with Crippen molar-refractivity contribution in [2.24, 2.45) is 4.99 Å². The second kappa shape index (κ2) is 8.90. The molecule has 0 spiro atoms. The molecular formula is C16H21BrN4S. The Morgan fingerprint density at radius 3 is 2.91 bits per heavy atom. The van der Waals surface area contributed by atoms with Crippen LogP contribution in [-0.2, 0) is 13.0 Å². The highest BCUT2D eigenvalue weighted by Gasteiger charge is 2.01. The van der Waals surface area contributed by atoms with Crippen molar-refractivity contribution in [3.05, 3.63) is 50.4 Å². The molecule has 1 aromatic heterocycles. The number of halogens is 1. The predicted molar refractivity (Wildman–Crippen MR) is 97.5 cm³/mol. The van der Waals surface area contributed by atoms with Crippen LogP contribution in [0.1, 0.15) is 23.2 Å². The Kier molecular flexibility index (Phi) is 6.86. The van der Waals surface area contributed by atoms with Crippen LogP contribution >= 0.6 is 27.3 Å². The lowest BCUT2D eigenvalue weighted by atomic mass is 10.2. The molecule has 0 saturated carbocycles. The standard InChI is InChI=1S/C16H21BrN4S/c1-3-18-16(19-8-7-15-11-22-12(2)21-15)20-10-13-5-4-6-14(17)9-13/h4-6,9,11H,3,7-8,10H2,1-2H3,(H2,18,19,20). The molecule has 0 aliphatic carbocycles. The molecule has 0 aliphatic heterocycles. The maximum absolute atomic E-state index is 4.62. The van der Waals surface area contributed by atoms with Gasteiger partial charge in [0.15, 0.2) is 5.96 Å². The van der Waals surface area contributed by atoms with Gasteiger partial charge in [-0.2, -0.15) is 0 Å². The summed E-state index contributed by atoms with van der Waals surface area (Å²) in [7, 11) is 0. The number of thiazole rings is 1. The number of guanidine groups is 1. The van der Waals surface area contributed by atoms with E-state index in [0.717, 1.165) is 40.6 Å². The summed E-state index contributed by atoms with van der Waals surface area (Å²) in [4.78, 5) is 9.09. The number of nitrogens with zero attached hydrogens (tertiary/aromatic N) is 2. The van der Waals surface area contributed by atoms with Gasteiger partial charge in [-0.05, 0) is 31.5 Å². The van der Waals surface area contributed by atoms with E-state index in [1.807, 2.05) is 19.1 Å². The predicted octanol–water partition coefficient (Wildman–Crippen LogP) is 3.51. The van der Waals surface area contributed by atoms with Crippen molar-refractivity contribution in [3.8, 4) is 0 Å². The SMILES string of the molecule is CCNC(=NCc1cccc(Br)c1)NCCc1csc(C)n1. The Morgan fingerprint density at radius 2 is 2.23 bits per heavy atom. The molecule has 2 N–H and O–H groups in total. The van der Waals surface area contributed by atoms with Crippen LogP contribution in [0.2, 0.25) is 0 Å². The Morgan fingerprint density at radius 1 is 1.36 bits per heavy atom. The zero-order valence-corrected chi connectivity index (χ0v) is 15.3. The number of nitrogens with one attached hydrogen (secondary N) is 2. The molecule has 4 nitrogen and oxygen atoms in total. The molecule has 2 rings (SSSR count). The minimum Gasteiger partial charge on any atom is -0.357 e. The smallest absolute Gasteiger partial charge is 0.191 e. The van der Waals surface area contributed by atoms with Gasteiger partial charge in [0.05, 0.1) is 17.2 Å². The Bertz CT molecular complexity index is 624. The van der Waals surface area contributed by atoms with Crippen molar-refractivity contribution in [2.75, 3.05) is 13.1 Å². The Balaban J connectivity index is 1.86. The van der Waals surface area contributed by atoms with Crippen LogP contribution in [0, 0.1) is 6.92 Å². The van der Waals surface area contributed by atoms with Gasteiger partial charge in [-0.3, -0.25) is 0 Å². The molecule has 0 aliphatic rings. The summed E-state index contributed by atoms with van der Waals surface area (Å²) in [6.45, 7) is 6.43. The summed E-state index contributed by atoms with van der Waals surface area (Å²) in [6, 6.07) is 8.22. The average Bonchev–Trinajstić information content (AvgIpc) is 2.90. The highest BCUT2D eigenvalue weighted by Crippen LogP contribution is 2.12. The first-order valence-electron chi connectivity index (χ1n) is 7.35. The van der Waals surface area contributed by atoms with Crippen molar-refractivity contribution >= 4 is 33.2 Å². The maximum Gasteiger partial charge on any atom is 0.191 e. The van der Waals surface area contributed by atoms with E-state index in [1.54, 1.807) is 11.3 Å². The fourth-order valence-corrected chi connectivity index (χ4v) is 3.07. The molecule has 0 unspecified atom stereocenters. The molecule has 1 aromatic carbocycles. The van der Waals surface area contributed by atoms with Crippen LogP contribution in [0.4, 0.5) is 0 Å². The van der Waals surface area contributed by atoms with Crippen molar-refractivity contribution in [2.45, 2.75) is 26.8 Å². The maximum atomic E-state index is 4.62. The Labute approximate surface area is 144 Å². The summed E-state index contributed by atoms with van der Waals surface area (Å²) in [6.07, 6.45) is 0.908. The molecule has 118 valence electrons. The highest BCUT2D eigenvalue weighted by molar-refractivity contribution is 9.10. The van der Waals surface area contributed by atoms with Crippen molar-refractivity contribution in [1.82, 2.24) is 15.6 Å². The monoisotopic (exact) mass is 380 g/mol. The number of aryl methyl sites for hydroxylation is 1. The third-order valence-electron chi connectivity index (χ3n) is 2.99. The quantitative estimate of drug-likeness (QED) is 0.595. The Hall–Kier alpha value is -1.40. The second-order valence-electron chi connectivity index (χ2n) is 4.86. The normalized spacial score (nSPS) is 11.5. The lowest BCUT2D eigenvalue weighted by Crippen LogP contribution is -2.38. The van der Waals surface area contributed by atoms with Crippen molar-refractivity contribution in [3.63, 3.8) is 0 Å². The van der Waals surface area contributed by atoms with Crippen LogP contribution in [0.25, 0.3) is 0 Å². The van der Waals surface area contributed by atoms with Gasteiger partial charge in [-0.1, -0.05) is 28.1 Å². The molecule has 1 heterocycles. The number of rotatable bonds is 6. The van der Waals surface area contributed by atoms with Gasteiger partial charge in [-0.25, -0.2) is 9.98 Å². The summed E-state index contributed by atoms with van der Waals surface area (Å²) < 4.78 is 1.08.